The van der Waals surface area contributed by atoms with Gasteiger partial charge in [-0.05, 0) is 18.6 Å². The SMILES string of the molecule is CCC[C@H](NC(=O)c1cccn1CC(F)(F)F)C(=O)O. The van der Waals surface area contributed by atoms with Crippen molar-refractivity contribution in [1.82, 2.24) is 9.88 Å². The fraction of sp³-hybridized carbons (Fsp3) is 0.500. The van der Waals surface area contributed by atoms with Gasteiger partial charge < -0.3 is 15.0 Å². The summed E-state index contributed by atoms with van der Waals surface area (Å²) < 4.78 is 37.7. The Balaban J connectivity index is 2.82. The van der Waals surface area contributed by atoms with E-state index in [1.165, 1.54) is 12.1 Å². The molecular weight excluding hydrogens is 277 g/mol. The molecule has 20 heavy (non-hydrogen) atoms. The number of amides is 1. The predicted octanol–water partition coefficient (Wildman–Crippen LogP) is 2.03. The van der Waals surface area contributed by atoms with Gasteiger partial charge in [0, 0.05) is 6.20 Å². The van der Waals surface area contributed by atoms with Gasteiger partial charge in [-0.25, -0.2) is 4.79 Å². The fourth-order valence-electron chi connectivity index (χ4n) is 1.73. The second kappa shape index (κ2) is 6.44. The molecule has 5 nitrogen and oxygen atoms in total. The number of alkyl halides is 3. The van der Waals surface area contributed by atoms with Crippen molar-refractivity contribution >= 4 is 11.9 Å². The third-order valence-corrected chi connectivity index (χ3v) is 2.59. The average Bonchev–Trinajstić information content (AvgIpc) is 2.73. The van der Waals surface area contributed by atoms with Crippen LogP contribution in [0, 0.1) is 0 Å². The van der Waals surface area contributed by atoms with Gasteiger partial charge >= 0.3 is 12.1 Å². The molecule has 0 aliphatic rings. The van der Waals surface area contributed by atoms with Crippen LogP contribution in [-0.4, -0.2) is 33.8 Å². The van der Waals surface area contributed by atoms with E-state index in [0.29, 0.717) is 6.42 Å². The third kappa shape index (κ3) is 4.60. The molecule has 0 aliphatic heterocycles. The molecule has 0 fully saturated rings. The molecule has 0 aromatic carbocycles. The summed E-state index contributed by atoms with van der Waals surface area (Å²) in [5.74, 6) is -2.05. The van der Waals surface area contributed by atoms with Crippen LogP contribution in [0.3, 0.4) is 0 Å². The molecule has 0 saturated heterocycles. The molecule has 0 unspecified atom stereocenters. The van der Waals surface area contributed by atoms with Crippen LogP contribution in [-0.2, 0) is 11.3 Å². The Bertz CT molecular complexity index is 483. The Morgan fingerprint density at radius 3 is 2.60 bits per heavy atom. The van der Waals surface area contributed by atoms with Crippen molar-refractivity contribution in [3.8, 4) is 0 Å². The predicted molar refractivity (Wildman–Crippen MR) is 64.3 cm³/mol. The van der Waals surface area contributed by atoms with Crippen molar-refractivity contribution in [2.75, 3.05) is 0 Å². The molecule has 0 aliphatic carbocycles. The third-order valence-electron chi connectivity index (χ3n) is 2.59. The summed E-state index contributed by atoms with van der Waals surface area (Å²) in [7, 11) is 0. The standard InChI is InChI=1S/C12H15F3N2O3/c1-2-4-8(11(19)20)16-10(18)9-5-3-6-17(9)7-12(13,14)15/h3,5-6,8H,2,4,7H2,1H3,(H,16,18)(H,19,20)/t8-/m0/s1. The summed E-state index contributed by atoms with van der Waals surface area (Å²) in [6, 6.07) is 1.41. The highest BCUT2D eigenvalue weighted by atomic mass is 19.4. The first-order valence-electron chi connectivity index (χ1n) is 6.00. The van der Waals surface area contributed by atoms with Crippen molar-refractivity contribution in [1.29, 1.82) is 0 Å². The van der Waals surface area contributed by atoms with Gasteiger partial charge in [-0.3, -0.25) is 4.79 Å². The van der Waals surface area contributed by atoms with Crippen LogP contribution in [0.2, 0.25) is 0 Å². The molecule has 1 amide bonds. The minimum Gasteiger partial charge on any atom is -0.480 e. The van der Waals surface area contributed by atoms with E-state index >= 15 is 0 Å². The number of carboxylic acids is 1. The smallest absolute Gasteiger partial charge is 0.406 e. The van der Waals surface area contributed by atoms with Crippen LogP contribution in [0.4, 0.5) is 13.2 Å². The highest BCUT2D eigenvalue weighted by Crippen LogP contribution is 2.19. The number of carbonyl (C=O) groups is 2. The van der Waals surface area contributed by atoms with Crippen molar-refractivity contribution < 1.29 is 27.9 Å². The van der Waals surface area contributed by atoms with Crippen LogP contribution in [0.25, 0.3) is 0 Å². The van der Waals surface area contributed by atoms with E-state index in [-0.39, 0.29) is 12.1 Å². The number of rotatable bonds is 6. The largest absolute Gasteiger partial charge is 0.480 e. The Morgan fingerprint density at radius 2 is 2.10 bits per heavy atom. The Hall–Kier alpha value is -1.99. The zero-order valence-corrected chi connectivity index (χ0v) is 10.8. The van der Waals surface area contributed by atoms with Crippen LogP contribution < -0.4 is 5.32 Å². The Labute approximate surface area is 113 Å². The summed E-state index contributed by atoms with van der Waals surface area (Å²) in [6.07, 6.45) is -2.59. The molecule has 1 rings (SSSR count). The van der Waals surface area contributed by atoms with Gasteiger partial charge in [-0.15, -0.1) is 0 Å². The number of carboxylic acid groups (broad SMARTS) is 1. The van der Waals surface area contributed by atoms with E-state index in [2.05, 4.69) is 5.32 Å². The van der Waals surface area contributed by atoms with Gasteiger partial charge in [0.1, 0.15) is 18.3 Å². The number of nitrogens with zero attached hydrogens (tertiary/aromatic N) is 1. The quantitative estimate of drug-likeness (QED) is 0.842. The summed E-state index contributed by atoms with van der Waals surface area (Å²) >= 11 is 0. The van der Waals surface area contributed by atoms with E-state index < -0.39 is 30.6 Å². The molecule has 112 valence electrons. The van der Waals surface area contributed by atoms with Crippen molar-refractivity contribution in [2.24, 2.45) is 0 Å². The van der Waals surface area contributed by atoms with Crippen LogP contribution in [0.1, 0.15) is 30.3 Å². The van der Waals surface area contributed by atoms with Gasteiger partial charge in [-0.1, -0.05) is 13.3 Å². The molecule has 2 N–H and O–H groups in total. The lowest BCUT2D eigenvalue weighted by atomic mass is 10.1. The molecule has 1 aromatic rings. The first-order chi connectivity index (χ1) is 9.24. The van der Waals surface area contributed by atoms with Gasteiger partial charge in [0.25, 0.3) is 5.91 Å². The van der Waals surface area contributed by atoms with Gasteiger partial charge in [-0.2, -0.15) is 13.2 Å². The highest BCUT2D eigenvalue weighted by Gasteiger charge is 2.30. The molecule has 1 heterocycles. The summed E-state index contributed by atoms with van der Waals surface area (Å²) in [5, 5.41) is 11.1. The molecule has 8 heteroatoms. The second-order valence-electron chi connectivity index (χ2n) is 4.29. The number of aliphatic carboxylic acids is 1. The van der Waals surface area contributed by atoms with E-state index in [0.717, 1.165) is 10.8 Å². The van der Waals surface area contributed by atoms with Gasteiger partial charge in [0.05, 0.1) is 0 Å². The van der Waals surface area contributed by atoms with E-state index in [1.54, 1.807) is 6.92 Å². The van der Waals surface area contributed by atoms with Gasteiger partial charge in [0.2, 0.25) is 0 Å². The second-order valence-corrected chi connectivity index (χ2v) is 4.29. The minimum atomic E-state index is -4.45. The maximum atomic E-state index is 12.3. The maximum Gasteiger partial charge on any atom is 0.406 e. The van der Waals surface area contributed by atoms with Gasteiger partial charge in [0.15, 0.2) is 0 Å². The Kier molecular flexibility index (Phi) is 5.18. The number of hydrogen-bond acceptors (Lipinski definition) is 2. The molecule has 1 aromatic heterocycles. The van der Waals surface area contributed by atoms with Crippen molar-refractivity contribution in [3.05, 3.63) is 24.0 Å². The molecule has 0 bridgehead atoms. The lowest BCUT2D eigenvalue weighted by molar-refractivity contribution is -0.141. The van der Waals surface area contributed by atoms with E-state index in [4.69, 9.17) is 5.11 Å². The molecule has 0 radical (unpaired) electrons. The lowest BCUT2D eigenvalue weighted by Gasteiger charge is -2.15. The summed E-state index contributed by atoms with van der Waals surface area (Å²) in [4.78, 5) is 22.7. The van der Waals surface area contributed by atoms with E-state index in [9.17, 15) is 22.8 Å². The summed E-state index contributed by atoms with van der Waals surface area (Å²) in [5.41, 5.74) is -0.218. The maximum absolute atomic E-state index is 12.3. The number of halogens is 3. The number of nitrogens with one attached hydrogen (secondary N) is 1. The van der Waals surface area contributed by atoms with Crippen LogP contribution >= 0.6 is 0 Å². The minimum absolute atomic E-state index is 0.209. The first kappa shape index (κ1) is 16.1. The monoisotopic (exact) mass is 292 g/mol. The fourth-order valence-corrected chi connectivity index (χ4v) is 1.73. The number of carbonyl (C=O) groups excluding carboxylic acids is 1. The highest BCUT2D eigenvalue weighted by molar-refractivity contribution is 5.95. The lowest BCUT2D eigenvalue weighted by Crippen LogP contribution is -2.41. The number of hydrogen-bond donors (Lipinski definition) is 2. The zero-order chi connectivity index (χ0) is 15.3. The molecule has 0 spiro atoms. The Morgan fingerprint density at radius 1 is 1.45 bits per heavy atom. The first-order valence-corrected chi connectivity index (χ1v) is 6.00. The molecule has 1 atom stereocenters. The molecular formula is C12H15F3N2O3. The topological polar surface area (TPSA) is 71.3 Å². The van der Waals surface area contributed by atoms with Crippen molar-refractivity contribution in [2.45, 2.75) is 38.5 Å². The van der Waals surface area contributed by atoms with Crippen LogP contribution in [0.5, 0.6) is 0 Å². The van der Waals surface area contributed by atoms with Crippen molar-refractivity contribution in [3.63, 3.8) is 0 Å². The number of aromatic nitrogens is 1. The van der Waals surface area contributed by atoms with E-state index in [1.807, 2.05) is 0 Å². The zero-order valence-electron chi connectivity index (χ0n) is 10.8. The summed E-state index contributed by atoms with van der Waals surface area (Å²) in [6.45, 7) is 0.447. The molecule has 0 saturated carbocycles. The van der Waals surface area contributed by atoms with Crippen LogP contribution in [0.15, 0.2) is 18.3 Å². The normalized spacial score (nSPS) is 13.0. The average molecular weight is 292 g/mol.